The number of carbonyl (C=O) groups excluding carboxylic acids is 2. The number of anilines is 1. The van der Waals surface area contributed by atoms with Crippen LogP contribution in [0.1, 0.15) is 25.0 Å². The van der Waals surface area contributed by atoms with Crippen LogP contribution in [0.5, 0.6) is 5.75 Å². The first-order chi connectivity index (χ1) is 18.7. The Hall–Kier alpha value is -3.86. The highest BCUT2D eigenvalue weighted by Crippen LogP contribution is 2.38. The monoisotopic (exact) mass is 542 g/mol. The molecule has 0 spiro atoms. The number of piperazine rings is 1. The highest BCUT2D eigenvalue weighted by atomic mass is 19.4. The van der Waals surface area contributed by atoms with E-state index in [2.05, 4.69) is 9.88 Å². The van der Waals surface area contributed by atoms with Crippen molar-refractivity contribution in [1.29, 1.82) is 0 Å². The van der Waals surface area contributed by atoms with E-state index < -0.39 is 35.7 Å². The first-order valence-electron chi connectivity index (χ1n) is 12.9. The van der Waals surface area contributed by atoms with Gasteiger partial charge in [0.25, 0.3) is 0 Å². The first-order valence-corrected chi connectivity index (χ1v) is 12.9. The number of halogens is 3. The fraction of sp³-hybridized carbons (Fsp3) is 0.393. The first kappa shape index (κ1) is 26.7. The van der Waals surface area contributed by atoms with Crippen molar-refractivity contribution in [3.05, 3.63) is 66.4 Å². The maximum absolute atomic E-state index is 13.5. The molecule has 1 saturated carbocycles. The van der Waals surface area contributed by atoms with Crippen molar-refractivity contribution < 1.29 is 32.7 Å². The number of hydrogen-bond donors (Lipinski definition) is 2. The number of alkyl halides is 3. The Morgan fingerprint density at radius 1 is 0.949 bits per heavy atom. The van der Waals surface area contributed by atoms with E-state index in [4.69, 9.17) is 4.74 Å². The van der Waals surface area contributed by atoms with Crippen LogP contribution in [0.2, 0.25) is 0 Å². The van der Waals surface area contributed by atoms with Gasteiger partial charge in [0.05, 0.1) is 23.5 Å². The summed E-state index contributed by atoms with van der Waals surface area (Å²) in [5, 5.41) is 9.82. The summed E-state index contributed by atoms with van der Waals surface area (Å²) in [7, 11) is 0. The molecule has 206 valence electrons. The molecule has 3 atom stereocenters. The molecule has 1 saturated heterocycles. The summed E-state index contributed by atoms with van der Waals surface area (Å²) >= 11 is 0. The number of benzene rings is 2. The van der Waals surface area contributed by atoms with Gasteiger partial charge in [-0.25, -0.2) is 10.5 Å². The minimum atomic E-state index is -4.66. The van der Waals surface area contributed by atoms with E-state index in [-0.39, 0.29) is 23.6 Å². The Bertz CT molecular complexity index is 1330. The normalized spacial score (nSPS) is 22.0. The van der Waals surface area contributed by atoms with Gasteiger partial charge in [0.15, 0.2) is 0 Å². The van der Waals surface area contributed by atoms with Crippen LogP contribution in [0.3, 0.4) is 0 Å². The number of fused-ring (bicyclic) bond motifs is 1. The van der Waals surface area contributed by atoms with Gasteiger partial charge in [0, 0.05) is 43.3 Å². The molecule has 0 radical (unpaired) electrons. The van der Waals surface area contributed by atoms with E-state index >= 15 is 0 Å². The lowest BCUT2D eigenvalue weighted by molar-refractivity contribution is -0.148. The van der Waals surface area contributed by atoms with Crippen LogP contribution in [-0.4, -0.2) is 59.2 Å². The lowest BCUT2D eigenvalue weighted by Gasteiger charge is -2.40. The fourth-order valence-electron chi connectivity index (χ4n) is 5.53. The van der Waals surface area contributed by atoms with Crippen molar-refractivity contribution >= 4 is 28.4 Å². The summed E-state index contributed by atoms with van der Waals surface area (Å²) in [6.45, 7) is 2.31. The van der Waals surface area contributed by atoms with Crippen LogP contribution in [0.4, 0.5) is 18.9 Å². The lowest BCUT2D eigenvalue weighted by Crippen LogP contribution is -2.53. The van der Waals surface area contributed by atoms with Gasteiger partial charge < -0.3 is 14.5 Å². The molecule has 2 amide bonds. The molecular formula is C28H29F3N4O4. The molecule has 1 aliphatic heterocycles. The second kappa shape index (κ2) is 11.1. The zero-order valence-corrected chi connectivity index (χ0v) is 21.1. The number of pyridine rings is 1. The Morgan fingerprint density at radius 2 is 1.64 bits per heavy atom. The summed E-state index contributed by atoms with van der Waals surface area (Å²) < 4.78 is 46.5. The van der Waals surface area contributed by atoms with E-state index in [1.807, 2.05) is 30.3 Å². The molecule has 2 aromatic carbocycles. The van der Waals surface area contributed by atoms with Crippen LogP contribution in [0.25, 0.3) is 10.9 Å². The predicted molar refractivity (Wildman–Crippen MR) is 137 cm³/mol. The summed E-state index contributed by atoms with van der Waals surface area (Å²) in [6, 6.07) is 17.2. The number of aromatic nitrogens is 1. The average molecular weight is 543 g/mol. The highest BCUT2D eigenvalue weighted by Gasteiger charge is 2.42. The van der Waals surface area contributed by atoms with E-state index in [1.165, 1.54) is 6.07 Å². The molecule has 3 aromatic rings. The molecule has 5 rings (SSSR count). The molecule has 2 fully saturated rings. The van der Waals surface area contributed by atoms with Gasteiger partial charge in [-0.3, -0.25) is 14.8 Å². The Labute approximate surface area is 223 Å². The van der Waals surface area contributed by atoms with Gasteiger partial charge in [-0.2, -0.15) is 13.2 Å². The van der Waals surface area contributed by atoms with Crippen LogP contribution < -0.4 is 15.1 Å². The van der Waals surface area contributed by atoms with Crippen LogP contribution in [0, 0.1) is 11.8 Å². The van der Waals surface area contributed by atoms with Crippen molar-refractivity contribution in [2.24, 2.45) is 11.8 Å². The third kappa shape index (κ3) is 5.78. The number of hydroxylamine groups is 1. The molecule has 1 aromatic heterocycles. The number of rotatable bonds is 5. The maximum atomic E-state index is 13.5. The van der Waals surface area contributed by atoms with Crippen LogP contribution in [-0.2, 0) is 15.8 Å². The minimum absolute atomic E-state index is 0.0166. The van der Waals surface area contributed by atoms with E-state index in [1.54, 1.807) is 28.6 Å². The van der Waals surface area contributed by atoms with E-state index in [9.17, 15) is 28.0 Å². The van der Waals surface area contributed by atoms with Crippen molar-refractivity contribution in [3.63, 3.8) is 0 Å². The maximum Gasteiger partial charge on any atom is 0.433 e. The molecule has 1 aliphatic carbocycles. The smallest absolute Gasteiger partial charge is 0.433 e. The van der Waals surface area contributed by atoms with Gasteiger partial charge >= 0.3 is 6.18 Å². The third-order valence-electron chi connectivity index (χ3n) is 7.54. The molecule has 0 bridgehead atoms. The summed E-state index contributed by atoms with van der Waals surface area (Å²) in [6.07, 6.45) is -4.54. The number of nitrogens with zero attached hydrogens (tertiary/aromatic N) is 3. The van der Waals surface area contributed by atoms with Gasteiger partial charge in [0.2, 0.25) is 11.8 Å². The quantitative estimate of drug-likeness (QED) is 0.370. The largest absolute Gasteiger partial charge is 0.490 e. The number of ether oxygens (including phenoxy) is 1. The predicted octanol–water partition coefficient (Wildman–Crippen LogP) is 4.27. The molecule has 0 unspecified atom stereocenters. The molecular weight excluding hydrogens is 513 g/mol. The fourth-order valence-corrected chi connectivity index (χ4v) is 5.53. The van der Waals surface area contributed by atoms with E-state index in [0.717, 1.165) is 11.8 Å². The van der Waals surface area contributed by atoms with Crippen LogP contribution in [0.15, 0.2) is 60.7 Å². The number of para-hydroxylation sites is 2. The van der Waals surface area contributed by atoms with Crippen molar-refractivity contribution in [2.45, 2.75) is 31.5 Å². The second-order valence-electron chi connectivity index (χ2n) is 9.91. The third-order valence-corrected chi connectivity index (χ3v) is 7.54. The molecule has 11 heteroatoms. The average Bonchev–Trinajstić information content (AvgIpc) is 2.96. The number of hydrogen-bond acceptors (Lipinski definition) is 6. The molecule has 2 N–H and O–H groups in total. The highest BCUT2D eigenvalue weighted by molar-refractivity contribution is 5.88. The molecule has 8 nitrogen and oxygen atoms in total. The Morgan fingerprint density at radius 3 is 2.33 bits per heavy atom. The van der Waals surface area contributed by atoms with Gasteiger partial charge in [0.1, 0.15) is 11.4 Å². The summed E-state index contributed by atoms with van der Waals surface area (Å²) in [5.41, 5.74) is 1.82. The minimum Gasteiger partial charge on any atom is -0.490 e. The Kier molecular flexibility index (Phi) is 7.60. The second-order valence-corrected chi connectivity index (χ2v) is 9.91. The molecule has 2 aliphatic rings. The van der Waals surface area contributed by atoms with Crippen molar-refractivity contribution in [3.8, 4) is 5.75 Å². The van der Waals surface area contributed by atoms with Gasteiger partial charge in [-0.05, 0) is 43.5 Å². The standard InChI is InChI=1S/C28H29F3N4O4/c29-28(30,31)25-17-24(21-8-4-5-9-23(21)32-25)39-19-10-11-20(22(16-19)26(36)33-38)27(37)35-14-12-34(13-15-35)18-6-2-1-3-7-18/h1-9,17,19-20,22,38H,10-16H2,(H,33,36)/t19-,20+,22+/m1/s1. The van der Waals surface area contributed by atoms with Crippen molar-refractivity contribution in [1.82, 2.24) is 15.4 Å². The van der Waals surface area contributed by atoms with Crippen LogP contribution >= 0.6 is 0 Å². The van der Waals surface area contributed by atoms with Crippen molar-refractivity contribution in [2.75, 3.05) is 31.1 Å². The lowest BCUT2D eigenvalue weighted by atomic mass is 9.76. The summed E-state index contributed by atoms with van der Waals surface area (Å²) in [4.78, 5) is 33.8. The zero-order chi connectivity index (χ0) is 27.6. The summed E-state index contributed by atoms with van der Waals surface area (Å²) in [5.74, 6) is -2.41. The number of carbonyl (C=O) groups is 2. The zero-order valence-electron chi connectivity index (χ0n) is 21.1. The number of amides is 2. The van der Waals surface area contributed by atoms with E-state index in [0.29, 0.717) is 44.4 Å². The molecule has 2 heterocycles. The Balaban J connectivity index is 1.30. The van der Waals surface area contributed by atoms with Gasteiger partial charge in [-0.1, -0.05) is 30.3 Å². The van der Waals surface area contributed by atoms with Gasteiger partial charge in [-0.15, -0.1) is 0 Å². The SMILES string of the molecule is O=C(NO)[C@H]1C[C@H](Oc2cc(C(F)(F)F)nc3ccccc23)CC[C@@H]1C(=O)N1CCN(c2ccccc2)CC1. The number of nitrogens with one attached hydrogen (secondary N) is 1. The topological polar surface area (TPSA) is 95.0 Å². The molecule has 39 heavy (non-hydrogen) atoms.